The topological polar surface area (TPSA) is 102 Å². The van der Waals surface area contributed by atoms with Gasteiger partial charge in [0.05, 0.1) is 11.4 Å². The van der Waals surface area contributed by atoms with Gasteiger partial charge in [0.1, 0.15) is 10.6 Å². The molecule has 9 nitrogen and oxygen atoms in total. The third kappa shape index (κ3) is 6.24. The maximum atomic E-state index is 12.5. The number of aryl methyl sites for hydroxylation is 1. The van der Waals surface area contributed by atoms with Crippen molar-refractivity contribution in [2.45, 2.75) is 38.6 Å². The predicted octanol–water partition coefficient (Wildman–Crippen LogP) is 4.29. The molecule has 0 aliphatic carbocycles. The van der Waals surface area contributed by atoms with E-state index in [1.807, 2.05) is 30.5 Å². The molecule has 1 unspecified atom stereocenters. The van der Waals surface area contributed by atoms with Crippen LogP contribution >= 0.6 is 34.7 Å². The van der Waals surface area contributed by atoms with Gasteiger partial charge in [-0.05, 0) is 39.0 Å². The van der Waals surface area contributed by atoms with Crippen LogP contribution in [0, 0.1) is 6.92 Å². The third-order valence-corrected chi connectivity index (χ3v) is 6.77. The lowest BCUT2D eigenvalue weighted by Gasteiger charge is -2.15. The number of halogens is 1. The van der Waals surface area contributed by atoms with Crippen LogP contribution in [0.3, 0.4) is 0 Å². The van der Waals surface area contributed by atoms with E-state index in [-0.39, 0.29) is 23.7 Å². The number of nitrogens with zero attached hydrogens (tertiary/aromatic N) is 5. The summed E-state index contributed by atoms with van der Waals surface area (Å²) < 4.78 is 7.87. The van der Waals surface area contributed by atoms with E-state index >= 15 is 0 Å². The van der Waals surface area contributed by atoms with Gasteiger partial charge < -0.3 is 19.5 Å². The maximum absolute atomic E-state index is 12.5. The fourth-order valence-electron chi connectivity index (χ4n) is 2.94. The molecule has 2 aromatic heterocycles. The average Bonchev–Trinajstić information content (AvgIpc) is 3.34. The Bertz CT molecular complexity index is 1150. The Kier molecular flexibility index (Phi) is 8.33. The highest BCUT2D eigenvalue weighted by Gasteiger charge is 2.21. The Morgan fingerprint density at radius 3 is 2.76 bits per heavy atom. The van der Waals surface area contributed by atoms with Crippen LogP contribution in [0.1, 0.15) is 41.1 Å². The molecule has 0 spiro atoms. The number of amides is 2. The molecule has 0 aliphatic rings. The van der Waals surface area contributed by atoms with E-state index in [4.69, 9.17) is 16.3 Å². The van der Waals surface area contributed by atoms with E-state index in [1.165, 1.54) is 16.7 Å². The van der Waals surface area contributed by atoms with Gasteiger partial charge in [0.25, 0.3) is 5.91 Å². The Morgan fingerprint density at radius 2 is 2.09 bits per heavy atom. The Balaban J connectivity index is 1.62. The van der Waals surface area contributed by atoms with Gasteiger partial charge in [-0.3, -0.25) is 9.59 Å². The first-order valence-electron chi connectivity index (χ1n) is 10.2. The van der Waals surface area contributed by atoms with Crippen LogP contribution in [0.2, 0.25) is 5.02 Å². The molecule has 33 heavy (non-hydrogen) atoms. The average molecular weight is 509 g/mol. The maximum Gasteiger partial charge on any atom is 0.265 e. The van der Waals surface area contributed by atoms with Crippen molar-refractivity contribution in [3.8, 4) is 5.75 Å². The summed E-state index contributed by atoms with van der Waals surface area (Å²) in [5, 5.41) is 12.9. The minimum atomic E-state index is -0.356. The minimum absolute atomic E-state index is 0.122. The summed E-state index contributed by atoms with van der Waals surface area (Å²) >= 11 is 8.46. The largest absolute Gasteiger partial charge is 0.483 e. The summed E-state index contributed by atoms with van der Waals surface area (Å²) in [6, 6.07) is 7.16. The van der Waals surface area contributed by atoms with Crippen LogP contribution < -0.4 is 10.1 Å². The highest BCUT2D eigenvalue weighted by atomic mass is 35.5. The molecule has 0 fully saturated rings. The minimum Gasteiger partial charge on any atom is -0.483 e. The number of nitrogens with one attached hydrogen (secondary N) is 1. The second-order valence-electron chi connectivity index (χ2n) is 7.27. The molecule has 3 rings (SSSR count). The summed E-state index contributed by atoms with van der Waals surface area (Å²) in [5.41, 5.74) is 0.589. The zero-order chi connectivity index (χ0) is 24.1. The molecule has 1 atom stereocenters. The molecule has 3 aromatic rings. The molecule has 12 heteroatoms. The molecular weight excluding hydrogens is 484 g/mol. The normalized spacial score (nSPS) is 11.8. The van der Waals surface area contributed by atoms with Crippen LogP contribution in [0.5, 0.6) is 5.75 Å². The number of hydrogen-bond donors (Lipinski definition) is 1. The Labute approximate surface area is 205 Å². The van der Waals surface area contributed by atoms with Crippen molar-refractivity contribution in [3.05, 3.63) is 45.7 Å². The van der Waals surface area contributed by atoms with Crippen LogP contribution in [-0.2, 0) is 11.3 Å². The van der Waals surface area contributed by atoms with Crippen molar-refractivity contribution >= 4 is 51.6 Å². The number of ether oxygens (including phenoxy) is 1. The number of carbonyl (C=O) groups excluding carboxylic acids is 2. The second kappa shape index (κ2) is 11.0. The SMILES string of the molecule is CCn1c(SCC(=O)Nc2nc(C)c(C(=O)N(C)C)s2)nnc1C(C)Oc1cccc(Cl)c1. The second-order valence-corrected chi connectivity index (χ2v) is 9.65. The van der Waals surface area contributed by atoms with Crippen LogP contribution in [-0.4, -0.2) is 56.3 Å². The first-order chi connectivity index (χ1) is 15.7. The number of hydrogen-bond acceptors (Lipinski definition) is 8. The molecule has 0 radical (unpaired) electrons. The first-order valence-corrected chi connectivity index (χ1v) is 12.3. The number of thioether (sulfide) groups is 1. The zero-order valence-corrected chi connectivity index (χ0v) is 21.3. The molecule has 0 saturated heterocycles. The number of aromatic nitrogens is 4. The lowest BCUT2D eigenvalue weighted by Crippen LogP contribution is -2.21. The van der Waals surface area contributed by atoms with E-state index < -0.39 is 0 Å². The van der Waals surface area contributed by atoms with Gasteiger partial charge in [0, 0.05) is 25.7 Å². The summed E-state index contributed by atoms with van der Waals surface area (Å²) in [4.78, 5) is 30.9. The number of rotatable bonds is 9. The molecule has 0 aliphatic heterocycles. The van der Waals surface area contributed by atoms with E-state index in [1.54, 1.807) is 33.2 Å². The number of benzene rings is 1. The quantitative estimate of drug-likeness (QED) is 0.430. The zero-order valence-electron chi connectivity index (χ0n) is 19.0. The third-order valence-electron chi connectivity index (χ3n) is 4.51. The van der Waals surface area contributed by atoms with Gasteiger partial charge >= 0.3 is 0 Å². The van der Waals surface area contributed by atoms with Gasteiger partial charge in [0.15, 0.2) is 22.2 Å². The van der Waals surface area contributed by atoms with E-state index in [0.29, 0.717) is 44.0 Å². The molecule has 1 aromatic carbocycles. The van der Waals surface area contributed by atoms with Crippen molar-refractivity contribution < 1.29 is 14.3 Å². The van der Waals surface area contributed by atoms with Gasteiger partial charge in [0.2, 0.25) is 5.91 Å². The lowest BCUT2D eigenvalue weighted by atomic mass is 10.3. The number of carbonyl (C=O) groups is 2. The summed E-state index contributed by atoms with van der Waals surface area (Å²) in [6.07, 6.45) is -0.356. The Morgan fingerprint density at radius 1 is 1.33 bits per heavy atom. The van der Waals surface area contributed by atoms with Gasteiger partial charge in [-0.2, -0.15) is 0 Å². The molecule has 176 valence electrons. The highest BCUT2D eigenvalue weighted by molar-refractivity contribution is 7.99. The number of anilines is 1. The monoisotopic (exact) mass is 508 g/mol. The molecule has 0 bridgehead atoms. The molecule has 2 heterocycles. The smallest absolute Gasteiger partial charge is 0.265 e. The van der Waals surface area contributed by atoms with Crippen molar-refractivity contribution in [1.82, 2.24) is 24.6 Å². The predicted molar refractivity (Wildman–Crippen MR) is 130 cm³/mol. The summed E-state index contributed by atoms with van der Waals surface area (Å²) in [5.74, 6) is 1.03. The standard InChI is InChI=1S/C21H25ClN6O3S2/c1-6-28-18(13(3)31-15-9-7-8-14(22)10-15)25-26-21(28)32-11-16(29)24-20-23-12(2)17(33-20)19(30)27(4)5/h7-10,13H,6,11H2,1-5H3,(H,23,24,29). The summed E-state index contributed by atoms with van der Waals surface area (Å²) in [6.45, 7) is 6.23. The van der Waals surface area contributed by atoms with E-state index in [9.17, 15) is 9.59 Å². The van der Waals surface area contributed by atoms with Crippen molar-refractivity contribution in [3.63, 3.8) is 0 Å². The Hall–Kier alpha value is -2.63. The van der Waals surface area contributed by atoms with Gasteiger partial charge in [-0.1, -0.05) is 40.8 Å². The van der Waals surface area contributed by atoms with Crippen molar-refractivity contribution in [2.75, 3.05) is 25.2 Å². The first kappa shape index (κ1) is 25.0. The fraction of sp³-hybridized carbons (Fsp3) is 0.381. The number of thiazole rings is 1. The molecular formula is C21H25ClN6O3S2. The van der Waals surface area contributed by atoms with E-state index in [0.717, 1.165) is 11.3 Å². The van der Waals surface area contributed by atoms with E-state index in [2.05, 4.69) is 20.5 Å². The van der Waals surface area contributed by atoms with Crippen LogP contribution in [0.4, 0.5) is 5.13 Å². The van der Waals surface area contributed by atoms with Crippen molar-refractivity contribution in [1.29, 1.82) is 0 Å². The molecule has 2 amide bonds. The molecule has 0 saturated carbocycles. The van der Waals surface area contributed by atoms with Gasteiger partial charge in [-0.25, -0.2) is 4.98 Å². The molecule has 1 N–H and O–H groups in total. The van der Waals surface area contributed by atoms with Gasteiger partial charge in [-0.15, -0.1) is 10.2 Å². The van der Waals surface area contributed by atoms with Crippen LogP contribution in [0.15, 0.2) is 29.4 Å². The fourth-order valence-corrected chi connectivity index (χ4v) is 4.93. The summed E-state index contributed by atoms with van der Waals surface area (Å²) in [7, 11) is 3.35. The van der Waals surface area contributed by atoms with Crippen molar-refractivity contribution in [2.24, 2.45) is 0 Å². The highest BCUT2D eigenvalue weighted by Crippen LogP contribution is 2.27. The van der Waals surface area contributed by atoms with Crippen LogP contribution in [0.25, 0.3) is 0 Å². The lowest BCUT2D eigenvalue weighted by molar-refractivity contribution is -0.113.